The highest BCUT2D eigenvalue weighted by Gasteiger charge is 2.25. The monoisotopic (exact) mass is 544 g/mol. The third kappa shape index (κ3) is 5.28. The van der Waals surface area contributed by atoms with Gasteiger partial charge >= 0.3 is 0 Å². The topological polar surface area (TPSA) is 100 Å². The number of imidazole rings is 1. The second-order valence-electron chi connectivity index (χ2n) is 9.00. The Hall–Kier alpha value is -3.74. The first kappa shape index (κ1) is 25.9. The molecule has 2 aromatic heterocycles. The number of carbonyl (C=O) groups excluding carboxylic acids is 1. The molecule has 0 bridgehead atoms. The Morgan fingerprint density at radius 2 is 1.68 bits per heavy atom. The third-order valence-electron chi connectivity index (χ3n) is 6.60. The highest BCUT2D eigenvalue weighted by molar-refractivity contribution is 8.00. The molecular weight excluding hydrogens is 516 g/mol. The van der Waals surface area contributed by atoms with Gasteiger partial charge in [-0.25, -0.2) is 4.98 Å². The summed E-state index contributed by atoms with van der Waals surface area (Å²) in [5, 5.41) is 13.6. The van der Waals surface area contributed by atoms with E-state index in [1.165, 1.54) is 28.0 Å². The molecule has 0 saturated heterocycles. The van der Waals surface area contributed by atoms with Gasteiger partial charge in [0.1, 0.15) is 22.6 Å². The number of nitrogens with zero attached hydrogens (tertiary/aromatic N) is 2. The standard InChI is InChI=1S/C29H28N4O3S2/c1-17(27(34)33-28-23(16-30)22-6-4-5-7-24(22)38-28)37-29-31-25(18-8-12-20(35-2)13-9-18)26(32-29)19-10-14-21(36-3)15-11-19/h8-15,17H,4-7H2,1-3H3,(H,31,32)(H,33,34). The lowest BCUT2D eigenvalue weighted by molar-refractivity contribution is -0.115. The molecule has 0 fully saturated rings. The van der Waals surface area contributed by atoms with Crippen LogP contribution in [-0.2, 0) is 17.6 Å². The van der Waals surface area contributed by atoms with Crippen molar-refractivity contribution in [1.29, 1.82) is 5.26 Å². The summed E-state index contributed by atoms with van der Waals surface area (Å²) < 4.78 is 10.6. The second kappa shape index (κ2) is 11.3. The lowest BCUT2D eigenvalue weighted by Gasteiger charge is -2.10. The average Bonchev–Trinajstić information content (AvgIpc) is 3.53. The molecule has 2 N–H and O–H groups in total. The number of benzene rings is 2. The van der Waals surface area contributed by atoms with E-state index in [2.05, 4.69) is 16.4 Å². The van der Waals surface area contributed by atoms with Crippen molar-refractivity contribution < 1.29 is 14.3 Å². The van der Waals surface area contributed by atoms with Crippen molar-refractivity contribution in [1.82, 2.24) is 9.97 Å². The van der Waals surface area contributed by atoms with E-state index in [-0.39, 0.29) is 5.91 Å². The van der Waals surface area contributed by atoms with Gasteiger partial charge in [0.15, 0.2) is 5.16 Å². The maximum atomic E-state index is 13.2. The van der Waals surface area contributed by atoms with Gasteiger partial charge in [0.25, 0.3) is 0 Å². The van der Waals surface area contributed by atoms with Crippen LogP contribution in [0.3, 0.4) is 0 Å². The van der Waals surface area contributed by atoms with Crippen LogP contribution in [-0.4, -0.2) is 35.3 Å². The van der Waals surface area contributed by atoms with Gasteiger partial charge in [-0.1, -0.05) is 11.8 Å². The average molecular weight is 545 g/mol. The zero-order valence-electron chi connectivity index (χ0n) is 21.5. The minimum atomic E-state index is -0.431. The van der Waals surface area contributed by atoms with Gasteiger partial charge in [0.2, 0.25) is 5.91 Å². The molecule has 2 aromatic carbocycles. The lowest BCUT2D eigenvalue weighted by Crippen LogP contribution is -2.22. The van der Waals surface area contributed by atoms with Crippen molar-refractivity contribution in [2.75, 3.05) is 19.5 Å². The molecule has 1 unspecified atom stereocenters. The predicted octanol–water partition coefficient (Wildman–Crippen LogP) is 6.69. The minimum Gasteiger partial charge on any atom is -0.497 e. The fraction of sp³-hybridized carbons (Fsp3) is 0.276. The number of ether oxygens (including phenoxy) is 2. The Kier molecular flexibility index (Phi) is 7.72. The third-order valence-corrected chi connectivity index (χ3v) is 8.79. The number of thioether (sulfide) groups is 1. The number of thiophene rings is 1. The summed E-state index contributed by atoms with van der Waals surface area (Å²) in [5.41, 5.74) is 5.25. The number of hydrogen-bond donors (Lipinski definition) is 2. The van der Waals surface area contributed by atoms with Crippen molar-refractivity contribution in [2.24, 2.45) is 0 Å². The van der Waals surface area contributed by atoms with Crippen molar-refractivity contribution >= 4 is 34.0 Å². The molecule has 0 aliphatic heterocycles. The summed E-state index contributed by atoms with van der Waals surface area (Å²) in [6, 6.07) is 17.8. The fourth-order valence-electron chi connectivity index (χ4n) is 4.54. The number of amides is 1. The smallest absolute Gasteiger partial charge is 0.238 e. The van der Waals surface area contributed by atoms with Gasteiger partial charge in [-0.05, 0) is 86.7 Å². The maximum absolute atomic E-state index is 13.2. The van der Waals surface area contributed by atoms with Crippen LogP contribution in [0.25, 0.3) is 22.5 Å². The molecule has 1 aliphatic rings. The molecule has 0 spiro atoms. The quantitative estimate of drug-likeness (QED) is 0.240. The van der Waals surface area contributed by atoms with E-state index in [1.54, 1.807) is 14.2 Å². The van der Waals surface area contributed by atoms with E-state index in [9.17, 15) is 10.1 Å². The SMILES string of the molecule is COc1ccc(-c2nc(SC(C)C(=O)Nc3sc4c(c3C#N)CCCC4)[nH]c2-c2ccc(OC)cc2)cc1. The number of anilines is 1. The molecule has 2 heterocycles. The van der Waals surface area contributed by atoms with Crippen molar-refractivity contribution in [3.63, 3.8) is 0 Å². The Bertz CT molecular complexity index is 1420. The number of rotatable bonds is 8. The molecule has 9 heteroatoms. The zero-order chi connectivity index (χ0) is 26.6. The molecule has 38 heavy (non-hydrogen) atoms. The first-order valence-corrected chi connectivity index (χ1v) is 14.1. The Balaban J connectivity index is 1.40. The van der Waals surface area contributed by atoms with Crippen LogP contribution < -0.4 is 14.8 Å². The van der Waals surface area contributed by atoms with E-state index < -0.39 is 5.25 Å². The van der Waals surface area contributed by atoms with Gasteiger partial charge in [-0.2, -0.15) is 5.26 Å². The van der Waals surface area contributed by atoms with Crippen molar-refractivity contribution in [3.05, 3.63) is 64.5 Å². The van der Waals surface area contributed by atoms with E-state index in [0.717, 1.165) is 65.3 Å². The number of methoxy groups -OCH3 is 2. The first-order chi connectivity index (χ1) is 18.5. The number of aryl methyl sites for hydroxylation is 1. The normalized spacial score (nSPS) is 13.3. The molecule has 5 rings (SSSR count). The lowest BCUT2D eigenvalue weighted by atomic mass is 9.96. The van der Waals surface area contributed by atoms with E-state index in [0.29, 0.717) is 15.7 Å². The van der Waals surface area contributed by atoms with Gasteiger partial charge in [-0.3, -0.25) is 4.79 Å². The maximum Gasteiger partial charge on any atom is 0.238 e. The number of nitrogens with one attached hydrogen (secondary N) is 2. The van der Waals surface area contributed by atoms with Gasteiger partial charge in [0.05, 0.1) is 36.4 Å². The van der Waals surface area contributed by atoms with Crippen LogP contribution in [0, 0.1) is 11.3 Å². The number of hydrogen-bond acceptors (Lipinski definition) is 7. The number of fused-ring (bicyclic) bond motifs is 1. The Morgan fingerprint density at radius 3 is 2.32 bits per heavy atom. The number of aromatic nitrogens is 2. The van der Waals surface area contributed by atoms with Crippen molar-refractivity contribution in [3.8, 4) is 40.1 Å². The van der Waals surface area contributed by atoms with E-state index in [4.69, 9.17) is 14.5 Å². The molecule has 194 valence electrons. The summed E-state index contributed by atoms with van der Waals surface area (Å²) in [5.74, 6) is 1.38. The fourth-order valence-corrected chi connectivity index (χ4v) is 6.59. The van der Waals surface area contributed by atoms with Gasteiger partial charge in [-0.15, -0.1) is 11.3 Å². The highest BCUT2D eigenvalue weighted by atomic mass is 32.2. The number of aromatic amines is 1. The van der Waals surface area contributed by atoms with Gasteiger partial charge < -0.3 is 19.8 Å². The second-order valence-corrected chi connectivity index (χ2v) is 11.4. The predicted molar refractivity (Wildman–Crippen MR) is 152 cm³/mol. The van der Waals surface area contributed by atoms with Crippen LogP contribution in [0.5, 0.6) is 11.5 Å². The molecule has 4 aromatic rings. The highest BCUT2D eigenvalue weighted by Crippen LogP contribution is 2.39. The molecular formula is C29H28N4O3S2. The number of carbonyl (C=O) groups is 1. The summed E-state index contributed by atoms with van der Waals surface area (Å²) >= 11 is 2.89. The molecule has 7 nitrogen and oxygen atoms in total. The summed E-state index contributed by atoms with van der Waals surface area (Å²) in [4.78, 5) is 22.7. The molecule has 1 amide bonds. The van der Waals surface area contributed by atoms with E-state index in [1.807, 2.05) is 55.5 Å². The van der Waals surface area contributed by atoms with Crippen LogP contribution in [0.1, 0.15) is 35.8 Å². The van der Waals surface area contributed by atoms with Gasteiger partial charge in [0, 0.05) is 16.0 Å². The summed E-state index contributed by atoms with van der Waals surface area (Å²) in [7, 11) is 3.28. The first-order valence-electron chi connectivity index (χ1n) is 12.4. The Morgan fingerprint density at radius 1 is 1.05 bits per heavy atom. The molecule has 1 atom stereocenters. The minimum absolute atomic E-state index is 0.154. The summed E-state index contributed by atoms with van der Waals surface area (Å²) in [6.45, 7) is 1.85. The number of H-pyrrole nitrogens is 1. The zero-order valence-corrected chi connectivity index (χ0v) is 23.1. The van der Waals surface area contributed by atoms with E-state index >= 15 is 0 Å². The molecule has 1 aliphatic carbocycles. The Labute approximate surface area is 230 Å². The molecule has 0 radical (unpaired) electrons. The number of nitriles is 1. The van der Waals surface area contributed by atoms with Crippen molar-refractivity contribution in [2.45, 2.75) is 43.0 Å². The van der Waals surface area contributed by atoms with Crippen LogP contribution in [0.2, 0.25) is 0 Å². The molecule has 0 saturated carbocycles. The van der Waals surface area contributed by atoms with Crippen LogP contribution in [0.4, 0.5) is 5.00 Å². The van der Waals surface area contributed by atoms with Crippen LogP contribution in [0.15, 0.2) is 53.7 Å². The largest absolute Gasteiger partial charge is 0.497 e. The summed E-state index contributed by atoms with van der Waals surface area (Å²) in [6.07, 6.45) is 4.10. The van der Waals surface area contributed by atoms with Crippen LogP contribution >= 0.6 is 23.1 Å².